The zero-order chi connectivity index (χ0) is 19.3. The predicted molar refractivity (Wildman–Crippen MR) is 104 cm³/mol. The van der Waals surface area contributed by atoms with E-state index in [2.05, 4.69) is 6.92 Å². The number of hydrogen-bond acceptors (Lipinski definition) is 4. The molecule has 0 aliphatic carbocycles. The Bertz CT molecular complexity index is 694. The van der Waals surface area contributed by atoms with Gasteiger partial charge in [0.15, 0.2) is 0 Å². The molecule has 0 saturated heterocycles. The molecule has 0 saturated carbocycles. The Hall–Kier alpha value is -2.20. The number of ether oxygens (including phenoxy) is 3. The summed E-state index contributed by atoms with van der Waals surface area (Å²) in [6, 6.07) is 10.0. The van der Waals surface area contributed by atoms with Gasteiger partial charge in [-0.05, 0) is 25.3 Å². The summed E-state index contributed by atoms with van der Waals surface area (Å²) in [6.07, 6.45) is 0.197. The van der Waals surface area contributed by atoms with E-state index in [1.165, 1.54) is 0 Å². The second-order valence-electron chi connectivity index (χ2n) is 6.66. The van der Waals surface area contributed by atoms with Crippen LogP contribution in [-0.2, 0) is 6.61 Å². The number of methoxy groups -OCH3 is 2. The highest BCUT2D eigenvalue weighted by molar-refractivity contribution is 5.62. The molecule has 0 bridgehead atoms. The van der Waals surface area contributed by atoms with Gasteiger partial charge in [0.05, 0.1) is 25.9 Å². The van der Waals surface area contributed by atoms with Gasteiger partial charge < -0.3 is 19.3 Å². The summed E-state index contributed by atoms with van der Waals surface area (Å²) in [5.41, 5.74) is 3.54. The molecule has 4 heteroatoms. The highest BCUT2D eigenvalue weighted by atomic mass is 16.5. The van der Waals surface area contributed by atoms with Crippen molar-refractivity contribution >= 4 is 0 Å². The zero-order valence-electron chi connectivity index (χ0n) is 16.6. The maximum atomic E-state index is 10.9. The maximum Gasteiger partial charge on any atom is 0.135 e. The van der Waals surface area contributed by atoms with Crippen LogP contribution >= 0.6 is 0 Å². The van der Waals surface area contributed by atoms with Crippen molar-refractivity contribution in [1.82, 2.24) is 0 Å². The average molecular weight is 358 g/mol. The van der Waals surface area contributed by atoms with E-state index in [1.807, 2.05) is 51.1 Å². The molecule has 2 atom stereocenters. The lowest BCUT2D eigenvalue weighted by molar-refractivity contribution is 0.109. The molecular weight excluding hydrogens is 328 g/mol. The molecule has 0 radical (unpaired) electrons. The lowest BCUT2D eigenvalue weighted by Gasteiger charge is -2.27. The van der Waals surface area contributed by atoms with E-state index >= 15 is 0 Å². The Balaban J connectivity index is 2.50. The molecule has 4 nitrogen and oxygen atoms in total. The minimum absolute atomic E-state index is 0.0905. The van der Waals surface area contributed by atoms with Crippen molar-refractivity contribution in [1.29, 1.82) is 0 Å². The van der Waals surface area contributed by atoms with Crippen molar-refractivity contribution in [2.45, 2.75) is 46.8 Å². The molecular formula is C22H30O4. The molecule has 0 aliphatic rings. The van der Waals surface area contributed by atoms with E-state index < -0.39 is 6.10 Å². The van der Waals surface area contributed by atoms with Crippen molar-refractivity contribution in [2.24, 2.45) is 5.92 Å². The first kappa shape index (κ1) is 20.1. The van der Waals surface area contributed by atoms with Gasteiger partial charge >= 0.3 is 0 Å². The van der Waals surface area contributed by atoms with Crippen LogP contribution < -0.4 is 14.2 Å². The molecule has 0 amide bonds. The van der Waals surface area contributed by atoms with Gasteiger partial charge in [-0.25, -0.2) is 0 Å². The normalized spacial score (nSPS) is 13.2. The van der Waals surface area contributed by atoms with Crippen LogP contribution in [0, 0.1) is 19.8 Å². The summed E-state index contributed by atoms with van der Waals surface area (Å²) in [6.45, 7) is 8.46. The molecule has 0 heterocycles. The minimum Gasteiger partial charge on any atom is -0.496 e. The Morgan fingerprint density at radius 3 is 1.92 bits per heavy atom. The van der Waals surface area contributed by atoms with E-state index in [-0.39, 0.29) is 5.92 Å². The van der Waals surface area contributed by atoms with E-state index in [4.69, 9.17) is 14.2 Å². The lowest BCUT2D eigenvalue weighted by Crippen LogP contribution is -2.14. The summed E-state index contributed by atoms with van der Waals surface area (Å²) in [5, 5.41) is 10.9. The Kier molecular flexibility index (Phi) is 6.92. The molecule has 2 rings (SSSR count). The molecule has 142 valence electrons. The van der Waals surface area contributed by atoms with Gasteiger partial charge in [0, 0.05) is 11.1 Å². The second-order valence-corrected chi connectivity index (χ2v) is 6.66. The van der Waals surface area contributed by atoms with Crippen LogP contribution in [0.15, 0.2) is 30.3 Å². The van der Waals surface area contributed by atoms with Crippen molar-refractivity contribution in [3.8, 4) is 17.2 Å². The number of rotatable bonds is 8. The van der Waals surface area contributed by atoms with Crippen LogP contribution in [0.4, 0.5) is 0 Å². The topological polar surface area (TPSA) is 47.9 Å². The summed E-state index contributed by atoms with van der Waals surface area (Å²) in [5.74, 6) is 2.09. The van der Waals surface area contributed by atoms with Crippen molar-refractivity contribution < 1.29 is 19.3 Å². The Morgan fingerprint density at radius 2 is 1.46 bits per heavy atom. The molecule has 1 N–H and O–H groups in total. The fraction of sp³-hybridized carbons (Fsp3) is 0.455. The van der Waals surface area contributed by atoms with Gasteiger partial charge in [0.1, 0.15) is 23.9 Å². The molecule has 0 fully saturated rings. The van der Waals surface area contributed by atoms with Crippen molar-refractivity contribution in [2.75, 3.05) is 14.2 Å². The highest BCUT2D eigenvalue weighted by Gasteiger charge is 2.29. The smallest absolute Gasteiger partial charge is 0.135 e. The third kappa shape index (κ3) is 3.96. The van der Waals surface area contributed by atoms with Crippen molar-refractivity contribution in [3.63, 3.8) is 0 Å². The van der Waals surface area contributed by atoms with E-state index in [1.54, 1.807) is 14.2 Å². The largest absolute Gasteiger partial charge is 0.496 e. The summed E-state index contributed by atoms with van der Waals surface area (Å²) >= 11 is 0. The first-order valence-electron chi connectivity index (χ1n) is 9.05. The Labute approximate surface area is 156 Å². The summed E-state index contributed by atoms with van der Waals surface area (Å²) in [7, 11) is 3.23. The lowest BCUT2D eigenvalue weighted by atomic mass is 9.90. The third-order valence-electron chi connectivity index (χ3n) is 4.96. The molecule has 2 aromatic rings. The first-order chi connectivity index (χ1) is 12.5. The molecule has 0 aromatic heterocycles. The van der Waals surface area contributed by atoms with Gasteiger partial charge in [-0.3, -0.25) is 0 Å². The molecule has 2 unspecified atom stereocenters. The standard InChI is InChI=1S/C22H30O4/c1-7-14(2)19(23)18-21(24-5)15(3)20(16(4)22(18)25-6)26-13-17-11-9-8-10-12-17/h8-12,14,19,23H,7,13H2,1-6H3. The van der Waals surface area contributed by atoms with E-state index in [9.17, 15) is 5.11 Å². The molecule has 26 heavy (non-hydrogen) atoms. The van der Waals surface area contributed by atoms with Crippen LogP contribution in [0.2, 0.25) is 0 Å². The zero-order valence-corrected chi connectivity index (χ0v) is 16.6. The van der Waals surface area contributed by atoms with E-state index in [0.29, 0.717) is 23.7 Å². The molecule has 2 aromatic carbocycles. The SMILES string of the molecule is CCC(C)C(O)c1c(OC)c(C)c(OCc2ccccc2)c(C)c1OC. The fourth-order valence-corrected chi connectivity index (χ4v) is 3.24. The monoisotopic (exact) mass is 358 g/mol. The van der Waals surface area contributed by atoms with Crippen LogP contribution in [0.25, 0.3) is 0 Å². The summed E-state index contributed by atoms with van der Waals surface area (Å²) < 4.78 is 17.4. The van der Waals surface area contributed by atoms with Gasteiger partial charge in [0.2, 0.25) is 0 Å². The van der Waals surface area contributed by atoms with Gasteiger partial charge in [-0.2, -0.15) is 0 Å². The van der Waals surface area contributed by atoms with Crippen LogP contribution in [-0.4, -0.2) is 19.3 Å². The molecule has 0 spiro atoms. The van der Waals surface area contributed by atoms with Crippen molar-refractivity contribution in [3.05, 3.63) is 52.6 Å². The van der Waals surface area contributed by atoms with E-state index in [0.717, 1.165) is 28.9 Å². The predicted octanol–water partition coefficient (Wildman–Crippen LogP) is 4.98. The third-order valence-corrected chi connectivity index (χ3v) is 4.96. The number of aliphatic hydroxyl groups is 1. The minimum atomic E-state index is -0.662. The Morgan fingerprint density at radius 1 is 0.923 bits per heavy atom. The second kappa shape index (κ2) is 8.95. The van der Waals surface area contributed by atoms with Crippen LogP contribution in [0.3, 0.4) is 0 Å². The summed E-state index contributed by atoms with van der Waals surface area (Å²) in [4.78, 5) is 0. The van der Waals surface area contributed by atoms with Gasteiger partial charge in [0.25, 0.3) is 0 Å². The van der Waals surface area contributed by atoms with Gasteiger partial charge in [-0.15, -0.1) is 0 Å². The number of aliphatic hydroxyl groups excluding tert-OH is 1. The first-order valence-corrected chi connectivity index (χ1v) is 9.05. The van der Waals surface area contributed by atoms with Crippen LogP contribution in [0.5, 0.6) is 17.2 Å². The fourth-order valence-electron chi connectivity index (χ4n) is 3.24. The maximum absolute atomic E-state index is 10.9. The highest BCUT2D eigenvalue weighted by Crippen LogP contribution is 2.47. The molecule has 0 aliphatic heterocycles. The van der Waals surface area contributed by atoms with Gasteiger partial charge in [-0.1, -0.05) is 50.6 Å². The number of benzene rings is 2. The average Bonchev–Trinajstić information content (AvgIpc) is 2.67. The number of hydrogen-bond donors (Lipinski definition) is 1. The quantitative estimate of drug-likeness (QED) is 0.723. The van der Waals surface area contributed by atoms with Crippen LogP contribution in [0.1, 0.15) is 48.6 Å².